The van der Waals surface area contributed by atoms with Crippen molar-refractivity contribution in [2.45, 2.75) is 12.8 Å². The summed E-state index contributed by atoms with van der Waals surface area (Å²) in [6.07, 6.45) is 1.01. The predicted octanol–water partition coefficient (Wildman–Crippen LogP) is 3.18. The Morgan fingerprint density at radius 3 is 2.15 bits per heavy atom. The molecule has 2 rings (SSSR count). The quantitative estimate of drug-likeness (QED) is 0.640. The van der Waals surface area contributed by atoms with Gasteiger partial charge in [0.15, 0.2) is 11.5 Å². The number of hydrogen-bond acceptors (Lipinski definition) is 5. The molecule has 0 spiro atoms. The van der Waals surface area contributed by atoms with Gasteiger partial charge in [0.1, 0.15) is 5.75 Å². The first-order valence-corrected chi connectivity index (χ1v) is 8.79. The smallest absolute Gasteiger partial charge is 0.225 e. The molecule has 6 nitrogen and oxygen atoms in total. The van der Waals surface area contributed by atoms with Crippen LogP contribution < -0.4 is 18.9 Å². The third kappa shape index (κ3) is 5.81. The van der Waals surface area contributed by atoms with Gasteiger partial charge in [-0.2, -0.15) is 0 Å². The van der Waals surface area contributed by atoms with Crippen molar-refractivity contribution >= 4 is 5.91 Å². The van der Waals surface area contributed by atoms with E-state index in [1.807, 2.05) is 42.5 Å². The summed E-state index contributed by atoms with van der Waals surface area (Å²) in [5.41, 5.74) is 1.00. The Bertz CT molecular complexity index is 708. The summed E-state index contributed by atoms with van der Waals surface area (Å²) in [5, 5.41) is 0. The average molecular weight is 373 g/mol. The van der Waals surface area contributed by atoms with E-state index in [9.17, 15) is 4.79 Å². The molecule has 27 heavy (non-hydrogen) atoms. The largest absolute Gasteiger partial charge is 0.493 e. The van der Waals surface area contributed by atoms with Crippen LogP contribution >= 0.6 is 0 Å². The molecule has 0 unspecified atom stereocenters. The second-order valence-electron chi connectivity index (χ2n) is 6.01. The Labute approximate surface area is 160 Å². The highest BCUT2D eigenvalue weighted by Gasteiger charge is 2.14. The zero-order valence-electron chi connectivity index (χ0n) is 16.4. The lowest BCUT2D eigenvalue weighted by Crippen LogP contribution is -2.29. The van der Waals surface area contributed by atoms with Crippen molar-refractivity contribution in [3.63, 3.8) is 0 Å². The van der Waals surface area contributed by atoms with Crippen LogP contribution in [0, 0.1) is 0 Å². The van der Waals surface area contributed by atoms with Crippen LogP contribution in [-0.2, 0) is 11.2 Å². The lowest BCUT2D eigenvalue weighted by atomic mass is 10.1. The van der Waals surface area contributed by atoms with Gasteiger partial charge in [0, 0.05) is 13.6 Å². The third-order valence-corrected chi connectivity index (χ3v) is 4.21. The topological polar surface area (TPSA) is 57.2 Å². The van der Waals surface area contributed by atoms with Crippen molar-refractivity contribution < 1.29 is 23.7 Å². The van der Waals surface area contributed by atoms with E-state index in [0.717, 1.165) is 11.3 Å². The molecule has 0 saturated carbocycles. The van der Waals surface area contributed by atoms with Gasteiger partial charge in [-0.15, -0.1) is 0 Å². The number of rotatable bonds is 10. The van der Waals surface area contributed by atoms with E-state index in [4.69, 9.17) is 18.9 Å². The lowest BCUT2D eigenvalue weighted by molar-refractivity contribution is -0.130. The van der Waals surface area contributed by atoms with Gasteiger partial charge in [-0.25, -0.2) is 0 Å². The van der Waals surface area contributed by atoms with Gasteiger partial charge in [0.25, 0.3) is 0 Å². The molecule has 2 aromatic carbocycles. The maximum atomic E-state index is 12.3. The van der Waals surface area contributed by atoms with Crippen LogP contribution in [0.4, 0.5) is 0 Å². The van der Waals surface area contributed by atoms with Crippen LogP contribution in [0.25, 0.3) is 0 Å². The number of para-hydroxylation sites is 1. The fourth-order valence-corrected chi connectivity index (χ4v) is 2.67. The van der Waals surface area contributed by atoms with Crippen LogP contribution in [0.3, 0.4) is 0 Å². The zero-order chi connectivity index (χ0) is 19.6. The van der Waals surface area contributed by atoms with Crippen molar-refractivity contribution in [1.82, 2.24) is 4.90 Å². The lowest BCUT2D eigenvalue weighted by Gasteiger charge is -2.19. The number of carbonyl (C=O) groups is 1. The normalized spacial score (nSPS) is 10.2. The predicted molar refractivity (Wildman–Crippen MR) is 104 cm³/mol. The van der Waals surface area contributed by atoms with Crippen molar-refractivity contribution in [1.29, 1.82) is 0 Å². The van der Waals surface area contributed by atoms with E-state index in [1.165, 1.54) is 0 Å². The molecule has 1 amide bonds. The highest BCUT2D eigenvalue weighted by molar-refractivity contribution is 5.76. The number of carbonyl (C=O) groups excluding carboxylic acids is 1. The molecule has 0 aliphatic carbocycles. The number of ether oxygens (including phenoxy) is 4. The number of methoxy groups -OCH3 is 3. The Kier molecular flexibility index (Phi) is 7.79. The molecule has 2 aromatic rings. The summed E-state index contributed by atoms with van der Waals surface area (Å²) >= 11 is 0. The molecular weight excluding hydrogens is 346 g/mol. The van der Waals surface area contributed by atoms with Crippen molar-refractivity contribution in [2.75, 3.05) is 41.5 Å². The summed E-state index contributed by atoms with van der Waals surface area (Å²) in [6.45, 7) is 0.945. The number of hydrogen-bond donors (Lipinski definition) is 0. The minimum absolute atomic E-state index is 0.0402. The van der Waals surface area contributed by atoms with Gasteiger partial charge in [-0.1, -0.05) is 18.2 Å². The minimum Gasteiger partial charge on any atom is -0.493 e. The Balaban J connectivity index is 1.87. The summed E-state index contributed by atoms with van der Waals surface area (Å²) in [4.78, 5) is 14.0. The van der Waals surface area contributed by atoms with Gasteiger partial charge >= 0.3 is 0 Å². The fourth-order valence-electron chi connectivity index (χ4n) is 2.67. The van der Waals surface area contributed by atoms with Crippen molar-refractivity contribution in [2.24, 2.45) is 0 Å². The monoisotopic (exact) mass is 373 g/mol. The first kappa shape index (κ1) is 20.4. The first-order valence-electron chi connectivity index (χ1n) is 8.79. The van der Waals surface area contributed by atoms with E-state index >= 15 is 0 Å². The summed E-state index contributed by atoms with van der Waals surface area (Å²) < 4.78 is 21.6. The van der Waals surface area contributed by atoms with Crippen LogP contribution in [-0.4, -0.2) is 52.3 Å². The molecule has 6 heteroatoms. The number of amides is 1. The number of benzene rings is 2. The van der Waals surface area contributed by atoms with Crippen LogP contribution in [0.5, 0.6) is 23.0 Å². The van der Waals surface area contributed by atoms with Gasteiger partial charge in [0.2, 0.25) is 11.7 Å². The van der Waals surface area contributed by atoms with Crippen molar-refractivity contribution in [3.05, 3.63) is 48.0 Å². The second-order valence-corrected chi connectivity index (χ2v) is 6.01. The van der Waals surface area contributed by atoms with E-state index in [1.54, 1.807) is 33.3 Å². The van der Waals surface area contributed by atoms with Crippen LogP contribution in [0.2, 0.25) is 0 Å². The third-order valence-electron chi connectivity index (χ3n) is 4.21. The summed E-state index contributed by atoms with van der Waals surface area (Å²) in [5.74, 6) is 2.59. The molecule has 0 aliphatic rings. The molecular formula is C21H27NO5. The second kappa shape index (κ2) is 10.3. The van der Waals surface area contributed by atoms with E-state index in [0.29, 0.717) is 43.2 Å². The summed E-state index contributed by atoms with van der Waals surface area (Å²) in [7, 11) is 6.54. The fraction of sp³-hybridized carbons (Fsp3) is 0.381. The van der Waals surface area contributed by atoms with Gasteiger partial charge in [-0.3, -0.25) is 4.79 Å². The molecule has 0 aromatic heterocycles. The van der Waals surface area contributed by atoms with Gasteiger partial charge in [-0.05, 0) is 36.2 Å². The highest BCUT2D eigenvalue weighted by Crippen LogP contribution is 2.38. The first-order chi connectivity index (χ1) is 13.1. The standard InChI is InChI=1S/C21H27NO5/c1-22(20(23)11-13-27-17-8-6-5-7-9-17)12-10-16-14-18(24-2)21(26-4)19(15-16)25-3/h5-9,14-15H,10-13H2,1-4H3. The maximum Gasteiger partial charge on any atom is 0.225 e. The average Bonchev–Trinajstić information content (AvgIpc) is 2.71. The molecule has 0 N–H and O–H groups in total. The molecule has 0 radical (unpaired) electrons. The Hall–Kier alpha value is -2.89. The Morgan fingerprint density at radius 1 is 0.963 bits per heavy atom. The molecule has 146 valence electrons. The molecule has 0 heterocycles. The van der Waals surface area contributed by atoms with E-state index < -0.39 is 0 Å². The zero-order valence-corrected chi connectivity index (χ0v) is 16.4. The molecule has 0 fully saturated rings. The van der Waals surface area contributed by atoms with E-state index in [2.05, 4.69) is 0 Å². The molecule has 0 bridgehead atoms. The van der Waals surface area contributed by atoms with Gasteiger partial charge < -0.3 is 23.8 Å². The van der Waals surface area contributed by atoms with Crippen LogP contribution in [0.15, 0.2) is 42.5 Å². The maximum absolute atomic E-state index is 12.3. The summed E-state index contributed by atoms with van der Waals surface area (Å²) in [6, 6.07) is 13.3. The van der Waals surface area contributed by atoms with Crippen molar-refractivity contribution in [3.8, 4) is 23.0 Å². The van der Waals surface area contributed by atoms with Gasteiger partial charge in [0.05, 0.1) is 34.4 Å². The minimum atomic E-state index is 0.0402. The molecule has 0 atom stereocenters. The molecule has 0 saturated heterocycles. The van der Waals surface area contributed by atoms with E-state index in [-0.39, 0.29) is 5.91 Å². The molecule has 0 aliphatic heterocycles. The van der Waals surface area contributed by atoms with Crippen LogP contribution in [0.1, 0.15) is 12.0 Å². The number of nitrogens with zero attached hydrogens (tertiary/aromatic N) is 1. The number of likely N-dealkylation sites (N-methyl/N-ethyl adjacent to an activating group) is 1. The highest BCUT2D eigenvalue weighted by atomic mass is 16.5. The Morgan fingerprint density at radius 2 is 1.59 bits per heavy atom. The SMILES string of the molecule is COc1cc(CCN(C)C(=O)CCOc2ccccc2)cc(OC)c1OC.